The van der Waals surface area contributed by atoms with E-state index in [-0.39, 0.29) is 29.2 Å². The molecule has 10 heteroatoms. The molecule has 2 aromatic rings. The third-order valence-corrected chi connectivity index (χ3v) is 8.11. The van der Waals surface area contributed by atoms with Crippen molar-refractivity contribution in [3.8, 4) is 5.75 Å². The number of carbonyl (C=O) groups excluding carboxylic acids is 1. The Balaban J connectivity index is 1.06. The maximum atomic E-state index is 14.8. The van der Waals surface area contributed by atoms with Crippen molar-refractivity contribution in [2.45, 2.75) is 69.1 Å². The predicted octanol–water partition coefficient (Wildman–Crippen LogP) is 4.48. The molecule has 4 aliphatic rings. The molecule has 36 heavy (non-hydrogen) atoms. The fourth-order valence-electron chi connectivity index (χ4n) is 5.29. The first-order chi connectivity index (χ1) is 17.4. The molecular weight excluding hydrogens is 468 g/mol. The van der Waals surface area contributed by atoms with Crippen LogP contribution in [0.1, 0.15) is 63.1 Å². The van der Waals surface area contributed by atoms with E-state index in [4.69, 9.17) is 9.26 Å². The van der Waals surface area contributed by atoms with E-state index in [0.29, 0.717) is 49.8 Å². The Labute approximate surface area is 209 Å². The zero-order chi connectivity index (χ0) is 24.9. The van der Waals surface area contributed by atoms with Crippen molar-refractivity contribution >= 4 is 11.7 Å². The molecular formula is C26H33F2N5O3. The van der Waals surface area contributed by atoms with Gasteiger partial charge in [0.05, 0.1) is 5.92 Å². The summed E-state index contributed by atoms with van der Waals surface area (Å²) in [5.74, 6) is 1.33. The quantitative estimate of drug-likeness (QED) is 0.602. The van der Waals surface area contributed by atoms with Gasteiger partial charge in [0.1, 0.15) is 23.7 Å². The van der Waals surface area contributed by atoms with Gasteiger partial charge in [-0.05, 0) is 56.6 Å². The van der Waals surface area contributed by atoms with Crippen LogP contribution in [-0.2, 0) is 5.41 Å². The van der Waals surface area contributed by atoms with Crippen LogP contribution in [0, 0.1) is 11.7 Å². The molecule has 3 heterocycles. The van der Waals surface area contributed by atoms with Crippen molar-refractivity contribution < 1.29 is 22.8 Å². The monoisotopic (exact) mass is 501 g/mol. The van der Waals surface area contributed by atoms with Gasteiger partial charge in [0, 0.05) is 38.1 Å². The van der Waals surface area contributed by atoms with Crippen molar-refractivity contribution in [2.75, 3.05) is 38.0 Å². The number of urea groups is 1. The number of hydrogen-bond donors (Lipinski definition) is 1. The first kappa shape index (κ1) is 23.6. The van der Waals surface area contributed by atoms with Crippen LogP contribution >= 0.6 is 0 Å². The minimum absolute atomic E-state index is 0.0138. The van der Waals surface area contributed by atoms with Gasteiger partial charge in [-0.25, -0.2) is 13.6 Å². The van der Waals surface area contributed by atoms with Crippen molar-refractivity contribution in [1.82, 2.24) is 19.9 Å². The number of anilines is 1. The Morgan fingerprint density at radius 1 is 1.25 bits per heavy atom. The number of para-hydroxylation sites is 1. The molecule has 0 spiro atoms. The number of piperidine rings is 1. The first-order valence-electron chi connectivity index (χ1n) is 13.1. The molecule has 0 bridgehead atoms. The number of amides is 2. The number of benzene rings is 1. The molecule has 6 rings (SSSR count). The number of nitrogens with zero attached hydrogens (tertiary/aromatic N) is 4. The zero-order valence-corrected chi connectivity index (χ0v) is 20.6. The number of nitrogens with one attached hydrogen (secondary N) is 1. The fourth-order valence-corrected chi connectivity index (χ4v) is 5.29. The molecule has 3 atom stereocenters. The van der Waals surface area contributed by atoms with Gasteiger partial charge in [0.25, 0.3) is 0 Å². The lowest BCUT2D eigenvalue weighted by Crippen LogP contribution is -2.46. The molecule has 2 aliphatic heterocycles. The van der Waals surface area contributed by atoms with Gasteiger partial charge in [-0.3, -0.25) is 4.90 Å². The van der Waals surface area contributed by atoms with Crippen molar-refractivity contribution in [1.29, 1.82) is 0 Å². The van der Waals surface area contributed by atoms with E-state index < -0.39 is 12.0 Å². The Bertz CT molecular complexity index is 1110. The topological polar surface area (TPSA) is 83.7 Å². The first-order valence-corrected chi connectivity index (χ1v) is 13.1. The largest absolute Gasteiger partial charge is 0.487 e. The molecule has 0 radical (unpaired) electrons. The zero-order valence-electron chi connectivity index (χ0n) is 20.6. The van der Waals surface area contributed by atoms with Crippen molar-refractivity contribution in [2.24, 2.45) is 5.92 Å². The van der Waals surface area contributed by atoms with Crippen LogP contribution in [0.4, 0.5) is 19.3 Å². The van der Waals surface area contributed by atoms with Gasteiger partial charge in [0.2, 0.25) is 5.89 Å². The molecule has 4 fully saturated rings. The van der Waals surface area contributed by atoms with E-state index in [9.17, 15) is 13.6 Å². The summed E-state index contributed by atoms with van der Waals surface area (Å²) >= 11 is 0. The van der Waals surface area contributed by atoms with Gasteiger partial charge >= 0.3 is 6.03 Å². The van der Waals surface area contributed by atoms with Crippen LogP contribution < -0.4 is 10.1 Å². The Morgan fingerprint density at radius 2 is 2.03 bits per heavy atom. The van der Waals surface area contributed by atoms with E-state index >= 15 is 0 Å². The maximum absolute atomic E-state index is 14.8. The summed E-state index contributed by atoms with van der Waals surface area (Å²) in [5.41, 5.74) is -0.273. The second-order valence-electron chi connectivity index (χ2n) is 11.1. The molecule has 2 aliphatic carbocycles. The highest BCUT2D eigenvalue weighted by molar-refractivity contribution is 5.91. The summed E-state index contributed by atoms with van der Waals surface area (Å²) in [6.45, 7) is 5.89. The summed E-state index contributed by atoms with van der Waals surface area (Å²) < 4.78 is 39.6. The van der Waals surface area contributed by atoms with Crippen molar-refractivity contribution in [3.63, 3.8) is 0 Å². The number of ether oxygens (including phenoxy) is 1. The number of carbonyl (C=O) groups is 1. The molecule has 2 amide bonds. The highest BCUT2D eigenvalue weighted by Gasteiger charge is 2.45. The third kappa shape index (κ3) is 4.92. The smallest absolute Gasteiger partial charge is 0.322 e. The molecule has 1 N–H and O–H groups in total. The minimum Gasteiger partial charge on any atom is -0.487 e. The summed E-state index contributed by atoms with van der Waals surface area (Å²) in [7, 11) is 0. The van der Waals surface area contributed by atoms with E-state index in [1.54, 1.807) is 17.0 Å². The van der Waals surface area contributed by atoms with Crippen molar-refractivity contribution in [3.05, 3.63) is 35.7 Å². The van der Waals surface area contributed by atoms with Crippen LogP contribution in [-0.4, -0.2) is 71.0 Å². The highest BCUT2D eigenvalue weighted by Crippen LogP contribution is 2.44. The van der Waals surface area contributed by atoms with E-state index in [2.05, 4.69) is 20.4 Å². The third-order valence-electron chi connectivity index (χ3n) is 8.11. The Morgan fingerprint density at radius 3 is 2.75 bits per heavy atom. The second-order valence-corrected chi connectivity index (χ2v) is 11.1. The average molecular weight is 502 g/mol. The molecule has 2 saturated carbocycles. The summed E-state index contributed by atoms with van der Waals surface area (Å²) in [6, 6.07) is 4.29. The lowest BCUT2D eigenvalue weighted by molar-refractivity contribution is 0.168. The molecule has 1 aromatic carbocycles. The van der Waals surface area contributed by atoms with Crippen LogP contribution in [0.3, 0.4) is 0 Å². The van der Waals surface area contributed by atoms with E-state index in [1.807, 2.05) is 6.92 Å². The number of likely N-dealkylation sites (tertiary alicyclic amines) is 2. The normalized spacial score (nSPS) is 27.8. The maximum Gasteiger partial charge on any atom is 0.322 e. The number of rotatable bonds is 7. The number of halogens is 2. The number of alkyl halides is 1. The minimum atomic E-state index is -0.890. The highest BCUT2D eigenvalue weighted by atomic mass is 19.1. The molecule has 0 unspecified atom stereocenters. The fraction of sp³-hybridized carbons (Fsp3) is 0.654. The van der Waals surface area contributed by atoms with Crippen LogP contribution in [0.25, 0.3) is 0 Å². The molecule has 2 saturated heterocycles. The average Bonchev–Trinajstić information content (AvgIpc) is 3.70. The van der Waals surface area contributed by atoms with Gasteiger partial charge in [-0.15, -0.1) is 0 Å². The summed E-state index contributed by atoms with van der Waals surface area (Å²) in [4.78, 5) is 21.6. The lowest BCUT2D eigenvalue weighted by atomic mass is 9.80. The second kappa shape index (κ2) is 9.28. The van der Waals surface area contributed by atoms with Crippen LogP contribution in [0.2, 0.25) is 0 Å². The van der Waals surface area contributed by atoms with Gasteiger partial charge in [-0.2, -0.15) is 4.98 Å². The molecule has 194 valence electrons. The van der Waals surface area contributed by atoms with Crippen LogP contribution in [0.5, 0.6) is 5.75 Å². The number of hydrogen-bond acceptors (Lipinski definition) is 6. The summed E-state index contributed by atoms with van der Waals surface area (Å²) in [5, 5.41) is 6.86. The molecule has 1 aromatic heterocycles. The standard InChI is InChI=1S/C26H33F2N5O3/c1-26(24-30-23(36-31-24)18-13-20(18)28)8-11-33(12-9-26)25(34)29-22-19(27)3-2-4-21(22)35-17-7-10-32(15-17)14-16-5-6-16/h2-4,16-18,20H,5-15H2,1H3,(H,29,34)/t17-,18-,20+/m1/s1. The van der Waals surface area contributed by atoms with E-state index in [1.165, 1.54) is 18.9 Å². The van der Waals surface area contributed by atoms with E-state index in [0.717, 1.165) is 32.0 Å². The number of aromatic nitrogens is 2. The van der Waals surface area contributed by atoms with Gasteiger partial charge in [-0.1, -0.05) is 18.1 Å². The Kier molecular flexibility index (Phi) is 6.09. The lowest BCUT2D eigenvalue weighted by Gasteiger charge is -2.37. The predicted molar refractivity (Wildman–Crippen MR) is 128 cm³/mol. The summed E-state index contributed by atoms with van der Waals surface area (Å²) in [6.07, 6.45) is 4.31. The van der Waals surface area contributed by atoms with Crippen LogP contribution in [0.15, 0.2) is 22.7 Å². The van der Waals surface area contributed by atoms with Gasteiger partial charge < -0.3 is 19.5 Å². The van der Waals surface area contributed by atoms with Gasteiger partial charge in [0.15, 0.2) is 11.6 Å². The Hall–Kier alpha value is -2.75. The SMILES string of the molecule is CC1(c2noc([C@@H]3C[C@@H]3F)n2)CCN(C(=O)Nc2c(F)cccc2O[C@@H]2CCN(CC3CC3)C2)CC1. The molecule has 8 nitrogen and oxygen atoms in total.